The van der Waals surface area contributed by atoms with Crippen molar-refractivity contribution in [3.63, 3.8) is 0 Å². The average molecular weight is 423 g/mol. The molecule has 2 N–H and O–H groups in total. The van der Waals surface area contributed by atoms with Crippen LogP contribution in [-0.4, -0.2) is 36.8 Å². The van der Waals surface area contributed by atoms with Crippen LogP contribution in [0.4, 0.5) is 10.5 Å². The maximum absolute atomic E-state index is 12.8. The van der Waals surface area contributed by atoms with Crippen LogP contribution in [0, 0.1) is 0 Å². The monoisotopic (exact) mass is 422 g/mol. The number of halogens is 1. The fraction of sp³-hybridized carbons (Fsp3) is 0.368. The molecule has 0 spiro atoms. The van der Waals surface area contributed by atoms with Crippen LogP contribution in [0.25, 0.3) is 0 Å². The number of benzene rings is 1. The van der Waals surface area contributed by atoms with Gasteiger partial charge in [0.25, 0.3) is 0 Å². The van der Waals surface area contributed by atoms with Gasteiger partial charge in [0.05, 0.1) is 4.90 Å². The first-order valence-corrected chi connectivity index (χ1v) is 11.0. The zero-order valence-corrected chi connectivity index (χ0v) is 17.0. The zero-order chi connectivity index (χ0) is 20.0. The molecule has 0 saturated carbocycles. The van der Waals surface area contributed by atoms with Crippen LogP contribution in [0.3, 0.4) is 0 Å². The number of hydrogen-bond acceptors (Lipinski definition) is 4. The molecule has 2 heterocycles. The highest BCUT2D eigenvalue weighted by Crippen LogP contribution is 2.21. The number of pyridine rings is 1. The molecule has 0 bridgehead atoms. The van der Waals surface area contributed by atoms with E-state index in [4.69, 9.17) is 11.6 Å². The van der Waals surface area contributed by atoms with Gasteiger partial charge in [-0.05, 0) is 48.7 Å². The van der Waals surface area contributed by atoms with Crippen molar-refractivity contribution in [3.05, 3.63) is 53.3 Å². The first-order valence-electron chi connectivity index (χ1n) is 9.21. The second-order valence-corrected chi connectivity index (χ2v) is 8.96. The maximum Gasteiger partial charge on any atom is 0.319 e. The van der Waals surface area contributed by atoms with Crippen LogP contribution in [0.1, 0.15) is 31.2 Å². The maximum atomic E-state index is 12.8. The van der Waals surface area contributed by atoms with E-state index in [1.165, 1.54) is 12.1 Å². The summed E-state index contributed by atoms with van der Waals surface area (Å²) < 4.78 is 27.1. The number of hydrogen-bond donors (Lipinski definition) is 2. The minimum atomic E-state index is -3.49. The first kappa shape index (κ1) is 20.6. The number of sulfonamides is 1. The minimum absolute atomic E-state index is 0.243. The summed E-state index contributed by atoms with van der Waals surface area (Å²) >= 11 is 5.73. The molecule has 150 valence electrons. The lowest BCUT2D eigenvalue weighted by molar-refractivity contribution is 0.251. The topological polar surface area (TPSA) is 91.4 Å². The Morgan fingerprint density at radius 1 is 1.04 bits per heavy atom. The molecule has 0 unspecified atom stereocenters. The van der Waals surface area contributed by atoms with Gasteiger partial charge >= 0.3 is 6.03 Å². The summed E-state index contributed by atoms with van der Waals surface area (Å²) in [5.41, 5.74) is 1.33. The molecule has 1 aliphatic heterocycles. The molecule has 28 heavy (non-hydrogen) atoms. The van der Waals surface area contributed by atoms with E-state index in [0.29, 0.717) is 30.5 Å². The van der Waals surface area contributed by atoms with Crippen LogP contribution < -0.4 is 10.6 Å². The van der Waals surface area contributed by atoms with E-state index in [-0.39, 0.29) is 4.90 Å². The SMILES string of the molecule is O=C(NCc1ccc(Cl)nc1)Nc1ccc(S(=O)(=O)N2CCCCCC2)cc1. The van der Waals surface area contributed by atoms with Crippen molar-refractivity contribution in [3.8, 4) is 0 Å². The molecule has 2 aromatic rings. The Kier molecular flexibility index (Phi) is 6.88. The normalized spacial score (nSPS) is 15.6. The molecule has 3 rings (SSSR count). The van der Waals surface area contributed by atoms with Gasteiger partial charge in [-0.15, -0.1) is 0 Å². The Balaban J connectivity index is 1.57. The number of rotatable bonds is 5. The van der Waals surface area contributed by atoms with Crippen molar-refractivity contribution < 1.29 is 13.2 Å². The fourth-order valence-electron chi connectivity index (χ4n) is 3.01. The van der Waals surface area contributed by atoms with Crippen LogP contribution >= 0.6 is 11.6 Å². The second-order valence-electron chi connectivity index (χ2n) is 6.64. The van der Waals surface area contributed by atoms with Crippen LogP contribution in [0.2, 0.25) is 5.15 Å². The molecule has 9 heteroatoms. The molecule has 1 aromatic heterocycles. The lowest BCUT2D eigenvalue weighted by Crippen LogP contribution is -2.32. The Hall–Kier alpha value is -2.16. The zero-order valence-electron chi connectivity index (χ0n) is 15.4. The first-order chi connectivity index (χ1) is 13.4. The molecule has 1 fully saturated rings. The number of amides is 2. The molecule has 1 aromatic carbocycles. The number of nitrogens with one attached hydrogen (secondary N) is 2. The van der Waals surface area contributed by atoms with Crippen LogP contribution in [0.5, 0.6) is 0 Å². The Bertz CT molecular complexity index is 894. The van der Waals surface area contributed by atoms with Crippen molar-refractivity contribution in [2.75, 3.05) is 18.4 Å². The fourth-order valence-corrected chi connectivity index (χ4v) is 4.64. The summed E-state index contributed by atoms with van der Waals surface area (Å²) in [6.07, 6.45) is 5.50. The molecular formula is C19H23ClN4O3S. The van der Waals surface area contributed by atoms with E-state index < -0.39 is 16.1 Å². The standard InChI is InChI=1S/C19H23ClN4O3S/c20-18-10-5-15(13-21-18)14-22-19(25)23-16-6-8-17(9-7-16)28(26,27)24-11-3-1-2-4-12-24/h5-10,13H,1-4,11-12,14H2,(H2,22,23,25). The van der Waals surface area contributed by atoms with Gasteiger partial charge < -0.3 is 10.6 Å². The smallest absolute Gasteiger partial charge is 0.319 e. The van der Waals surface area contributed by atoms with Crippen molar-refractivity contribution in [2.24, 2.45) is 0 Å². The molecular weight excluding hydrogens is 400 g/mol. The number of anilines is 1. The van der Waals surface area contributed by atoms with Gasteiger partial charge in [0.15, 0.2) is 0 Å². The van der Waals surface area contributed by atoms with Gasteiger partial charge in [-0.1, -0.05) is 30.5 Å². The van der Waals surface area contributed by atoms with Crippen molar-refractivity contribution in [2.45, 2.75) is 37.1 Å². The predicted octanol–water partition coefficient (Wildman–Crippen LogP) is 3.62. The van der Waals surface area contributed by atoms with E-state index >= 15 is 0 Å². The van der Waals surface area contributed by atoms with Crippen molar-refractivity contribution in [1.82, 2.24) is 14.6 Å². The third kappa shape index (κ3) is 5.43. The average Bonchev–Trinajstić information content (AvgIpc) is 2.98. The number of urea groups is 1. The summed E-state index contributed by atoms with van der Waals surface area (Å²) in [4.78, 5) is 16.2. The predicted molar refractivity (Wildman–Crippen MR) is 109 cm³/mol. The number of nitrogens with zero attached hydrogens (tertiary/aromatic N) is 2. The van der Waals surface area contributed by atoms with E-state index in [2.05, 4.69) is 15.6 Å². The van der Waals surface area contributed by atoms with Crippen molar-refractivity contribution in [1.29, 1.82) is 0 Å². The van der Waals surface area contributed by atoms with Gasteiger partial charge in [0.1, 0.15) is 5.15 Å². The molecule has 2 amide bonds. The molecule has 0 aliphatic carbocycles. The summed E-state index contributed by atoms with van der Waals surface area (Å²) in [6, 6.07) is 9.27. The third-order valence-electron chi connectivity index (χ3n) is 4.56. The van der Waals surface area contributed by atoms with Gasteiger partial charge in [-0.3, -0.25) is 0 Å². The third-order valence-corrected chi connectivity index (χ3v) is 6.69. The van der Waals surface area contributed by atoms with E-state index in [9.17, 15) is 13.2 Å². The molecule has 0 atom stereocenters. The summed E-state index contributed by atoms with van der Waals surface area (Å²) in [7, 11) is -3.49. The van der Waals surface area contributed by atoms with Crippen LogP contribution in [0.15, 0.2) is 47.5 Å². The van der Waals surface area contributed by atoms with E-state index in [0.717, 1.165) is 31.2 Å². The van der Waals surface area contributed by atoms with Gasteiger partial charge in [-0.2, -0.15) is 4.31 Å². The molecule has 7 nitrogen and oxygen atoms in total. The Labute approximate surface area is 170 Å². The second kappa shape index (κ2) is 9.36. The highest BCUT2D eigenvalue weighted by atomic mass is 35.5. The molecule has 0 radical (unpaired) electrons. The lowest BCUT2D eigenvalue weighted by atomic mass is 10.2. The van der Waals surface area contributed by atoms with Crippen LogP contribution in [-0.2, 0) is 16.6 Å². The largest absolute Gasteiger partial charge is 0.334 e. The quantitative estimate of drug-likeness (QED) is 0.720. The highest BCUT2D eigenvalue weighted by molar-refractivity contribution is 7.89. The molecule has 1 saturated heterocycles. The lowest BCUT2D eigenvalue weighted by Gasteiger charge is -2.20. The van der Waals surface area contributed by atoms with E-state index in [1.54, 1.807) is 34.8 Å². The summed E-state index contributed by atoms with van der Waals surface area (Å²) in [5.74, 6) is 0. The van der Waals surface area contributed by atoms with E-state index in [1.807, 2.05) is 0 Å². The number of carbonyl (C=O) groups excluding carboxylic acids is 1. The Morgan fingerprint density at radius 3 is 2.32 bits per heavy atom. The summed E-state index contributed by atoms with van der Waals surface area (Å²) in [6.45, 7) is 1.42. The summed E-state index contributed by atoms with van der Waals surface area (Å²) in [5, 5.41) is 5.79. The number of aromatic nitrogens is 1. The van der Waals surface area contributed by atoms with Crippen molar-refractivity contribution >= 4 is 33.3 Å². The van der Waals surface area contributed by atoms with Gasteiger partial charge in [0, 0.05) is 31.5 Å². The highest BCUT2D eigenvalue weighted by Gasteiger charge is 2.24. The Morgan fingerprint density at radius 2 is 1.71 bits per heavy atom. The molecule has 1 aliphatic rings. The van der Waals surface area contributed by atoms with Gasteiger partial charge in [-0.25, -0.2) is 18.2 Å². The minimum Gasteiger partial charge on any atom is -0.334 e. The van der Waals surface area contributed by atoms with Gasteiger partial charge in [0.2, 0.25) is 10.0 Å². The number of carbonyl (C=O) groups is 1.